The third kappa shape index (κ3) is 2.81. The normalized spacial score (nSPS) is 26.8. The Morgan fingerprint density at radius 3 is 2.64 bits per heavy atom. The molecule has 5 heteroatoms. The first-order valence-electron chi connectivity index (χ1n) is 8.25. The van der Waals surface area contributed by atoms with Gasteiger partial charge in [-0.25, -0.2) is 0 Å². The second kappa shape index (κ2) is 6.44. The Labute approximate surface area is 131 Å². The minimum absolute atomic E-state index is 0.00440. The van der Waals surface area contributed by atoms with E-state index in [4.69, 9.17) is 10.5 Å². The van der Waals surface area contributed by atoms with Gasteiger partial charge >= 0.3 is 0 Å². The Morgan fingerprint density at radius 1 is 1.27 bits per heavy atom. The lowest BCUT2D eigenvalue weighted by molar-refractivity contribution is -0.0644. The van der Waals surface area contributed by atoms with E-state index in [-0.39, 0.29) is 23.7 Å². The molecule has 1 fully saturated rings. The summed E-state index contributed by atoms with van der Waals surface area (Å²) in [6.45, 7) is 5.89. The molecule has 2 heterocycles. The largest absolute Gasteiger partial charge is 0.504 e. The van der Waals surface area contributed by atoms with E-state index in [1.54, 1.807) is 0 Å². The molecule has 2 aliphatic rings. The number of piperidine rings is 1. The molecule has 0 unspecified atom stereocenters. The molecular formula is C17H26N2O3. The molecular weight excluding hydrogens is 280 g/mol. The van der Waals surface area contributed by atoms with Crippen molar-refractivity contribution in [3.8, 4) is 11.5 Å². The van der Waals surface area contributed by atoms with Crippen molar-refractivity contribution in [1.29, 1.82) is 0 Å². The number of phenols is 2. The van der Waals surface area contributed by atoms with Crippen molar-refractivity contribution in [3.63, 3.8) is 0 Å². The van der Waals surface area contributed by atoms with Gasteiger partial charge in [0.15, 0.2) is 11.5 Å². The molecule has 5 nitrogen and oxygen atoms in total. The summed E-state index contributed by atoms with van der Waals surface area (Å²) in [5.41, 5.74) is 7.59. The van der Waals surface area contributed by atoms with Gasteiger partial charge in [-0.2, -0.15) is 0 Å². The van der Waals surface area contributed by atoms with Crippen LogP contribution in [0.25, 0.3) is 0 Å². The number of nitrogens with two attached hydrogens (primary N) is 1. The molecule has 2 atom stereocenters. The molecule has 0 aliphatic carbocycles. The number of benzene rings is 1. The number of ether oxygens (including phenoxy) is 1. The van der Waals surface area contributed by atoms with Crippen molar-refractivity contribution in [2.75, 3.05) is 26.2 Å². The highest BCUT2D eigenvalue weighted by Gasteiger charge is 2.35. The SMILES string of the molecule is CCN1CCC([C@H]2Cc3c(ccc(O)c3O)[C@@H](CN)O2)CC1. The quantitative estimate of drug-likeness (QED) is 0.742. The third-order valence-electron chi connectivity index (χ3n) is 5.21. The van der Waals surface area contributed by atoms with Crippen LogP contribution in [-0.2, 0) is 11.2 Å². The molecule has 0 aromatic heterocycles. The zero-order valence-corrected chi connectivity index (χ0v) is 13.2. The van der Waals surface area contributed by atoms with E-state index < -0.39 is 0 Å². The molecule has 22 heavy (non-hydrogen) atoms. The van der Waals surface area contributed by atoms with E-state index in [1.165, 1.54) is 6.07 Å². The zero-order valence-electron chi connectivity index (χ0n) is 13.2. The van der Waals surface area contributed by atoms with E-state index in [9.17, 15) is 10.2 Å². The van der Waals surface area contributed by atoms with Crippen LogP contribution in [0.1, 0.15) is 37.0 Å². The summed E-state index contributed by atoms with van der Waals surface area (Å²) in [7, 11) is 0. The van der Waals surface area contributed by atoms with Gasteiger partial charge in [0, 0.05) is 18.5 Å². The fraction of sp³-hybridized carbons (Fsp3) is 0.647. The molecule has 0 saturated carbocycles. The summed E-state index contributed by atoms with van der Waals surface area (Å²) in [6, 6.07) is 3.33. The number of hydrogen-bond donors (Lipinski definition) is 3. The highest BCUT2D eigenvalue weighted by atomic mass is 16.5. The summed E-state index contributed by atoms with van der Waals surface area (Å²) in [4.78, 5) is 2.46. The average molecular weight is 306 g/mol. The van der Waals surface area contributed by atoms with Gasteiger partial charge in [0.05, 0.1) is 12.2 Å². The lowest BCUT2D eigenvalue weighted by atomic mass is 9.83. The van der Waals surface area contributed by atoms with E-state index in [0.29, 0.717) is 18.9 Å². The molecule has 1 aromatic rings. The van der Waals surface area contributed by atoms with Crippen LogP contribution >= 0.6 is 0 Å². The Kier molecular flexibility index (Phi) is 4.57. The maximum absolute atomic E-state index is 10.2. The second-order valence-corrected chi connectivity index (χ2v) is 6.38. The molecule has 4 N–H and O–H groups in total. The highest BCUT2D eigenvalue weighted by Crippen LogP contribution is 2.42. The van der Waals surface area contributed by atoms with Crippen molar-refractivity contribution in [3.05, 3.63) is 23.3 Å². The Balaban J connectivity index is 1.80. The van der Waals surface area contributed by atoms with E-state index in [1.807, 2.05) is 6.07 Å². The zero-order chi connectivity index (χ0) is 15.7. The first kappa shape index (κ1) is 15.6. The van der Waals surface area contributed by atoms with E-state index in [0.717, 1.165) is 43.6 Å². The first-order chi connectivity index (χ1) is 10.6. The minimum atomic E-state index is -0.190. The molecule has 1 saturated heterocycles. The van der Waals surface area contributed by atoms with Gasteiger partial charge in [0.1, 0.15) is 0 Å². The van der Waals surface area contributed by atoms with Crippen molar-refractivity contribution >= 4 is 0 Å². The monoisotopic (exact) mass is 306 g/mol. The Bertz CT molecular complexity index is 527. The lowest BCUT2D eigenvalue weighted by Crippen LogP contribution is -2.42. The van der Waals surface area contributed by atoms with Gasteiger partial charge in [-0.1, -0.05) is 13.0 Å². The molecule has 2 aliphatic heterocycles. The van der Waals surface area contributed by atoms with Crippen LogP contribution in [0.5, 0.6) is 11.5 Å². The summed E-state index contributed by atoms with van der Waals surface area (Å²) >= 11 is 0. The van der Waals surface area contributed by atoms with Crippen LogP contribution in [0.15, 0.2) is 12.1 Å². The molecule has 3 rings (SSSR count). The summed E-state index contributed by atoms with van der Waals surface area (Å²) < 4.78 is 6.23. The predicted octanol–water partition coefficient (Wildman–Crippen LogP) is 1.77. The molecule has 0 radical (unpaired) electrons. The minimum Gasteiger partial charge on any atom is -0.504 e. The summed E-state index contributed by atoms with van der Waals surface area (Å²) in [5.74, 6) is 0.429. The van der Waals surface area contributed by atoms with Gasteiger partial charge in [-0.05, 0) is 50.0 Å². The van der Waals surface area contributed by atoms with Crippen LogP contribution in [0.3, 0.4) is 0 Å². The van der Waals surface area contributed by atoms with Crippen LogP contribution in [-0.4, -0.2) is 47.4 Å². The fourth-order valence-electron chi connectivity index (χ4n) is 3.79. The third-order valence-corrected chi connectivity index (χ3v) is 5.21. The number of likely N-dealkylation sites (tertiary alicyclic amines) is 1. The molecule has 0 amide bonds. The number of phenolic OH excluding ortho intramolecular Hbond substituents is 2. The van der Waals surface area contributed by atoms with Crippen LogP contribution < -0.4 is 5.73 Å². The van der Waals surface area contributed by atoms with Gasteiger partial charge in [-0.15, -0.1) is 0 Å². The summed E-state index contributed by atoms with van der Waals surface area (Å²) in [5, 5.41) is 20.0. The van der Waals surface area contributed by atoms with Crippen molar-refractivity contribution in [2.45, 2.75) is 38.4 Å². The smallest absolute Gasteiger partial charge is 0.161 e. The molecule has 0 bridgehead atoms. The number of hydrogen-bond acceptors (Lipinski definition) is 5. The predicted molar refractivity (Wildman–Crippen MR) is 85.0 cm³/mol. The lowest BCUT2D eigenvalue weighted by Gasteiger charge is -2.40. The second-order valence-electron chi connectivity index (χ2n) is 6.38. The van der Waals surface area contributed by atoms with Gasteiger partial charge < -0.3 is 25.6 Å². The standard InChI is InChI=1S/C17H26N2O3/c1-2-19-7-5-11(6-8-19)15-9-13-12(16(10-18)22-15)3-4-14(20)17(13)21/h3-4,11,15-16,20-21H,2,5-10,18H2,1H3/t15-,16-/m1/s1. The Morgan fingerprint density at radius 2 is 2.00 bits per heavy atom. The topological polar surface area (TPSA) is 79.0 Å². The van der Waals surface area contributed by atoms with Crippen molar-refractivity contribution in [1.82, 2.24) is 4.90 Å². The van der Waals surface area contributed by atoms with E-state index >= 15 is 0 Å². The highest BCUT2D eigenvalue weighted by molar-refractivity contribution is 5.51. The van der Waals surface area contributed by atoms with Crippen LogP contribution in [0, 0.1) is 5.92 Å². The summed E-state index contributed by atoms with van der Waals surface area (Å²) in [6.07, 6.45) is 2.77. The van der Waals surface area contributed by atoms with Gasteiger partial charge in [-0.3, -0.25) is 0 Å². The number of nitrogens with zero attached hydrogens (tertiary/aromatic N) is 1. The molecule has 0 spiro atoms. The number of fused-ring (bicyclic) bond motifs is 1. The number of rotatable bonds is 3. The first-order valence-corrected chi connectivity index (χ1v) is 8.25. The van der Waals surface area contributed by atoms with Crippen LogP contribution in [0.4, 0.5) is 0 Å². The van der Waals surface area contributed by atoms with Crippen molar-refractivity contribution in [2.24, 2.45) is 11.7 Å². The fourth-order valence-corrected chi connectivity index (χ4v) is 3.79. The average Bonchev–Trinajstić information content (AvgIpc) is 2.57. The van der Waals surface area contributed by atoms with E-state index in [2.05, 4.69) is 11.8 Å². The number of aromatic hydroxyl groups is 2. The van der Waals surface area contributed by atoms with Crippen LogP contribution in [0.2, 0.25) is 0 Å². The van der Waals surface area contributed by atoms with Gasteiger partial charge in [0.2, 0.25) is 0 Å². The maximum Gasteiger partial charge on any atom is 0.161 e. The maximum atomic E-state index is 10.2. The molecule has 122 valence electrons. The molecule has 1 aromatic carbocycles. The Hall–Kier alpha value is -1.30. The van der Waals surface area contributed by atoms with Crippen molar-refractivity contribution < 1.29 is 14.9 Å². The van der Waals surface area contributed by atoms with Gasteiger partial charge in [0.25, 0.3) is 0 Å².